The van der Waals surface area contributed by atoms with Crippen molar-refractivity contribution in [1.29, 1.82) is 0 Å². The maximum Gasteiger partial charge on any atom is 0.315 e. The number of Topliss-reactive ketones (excluding diaryl/α,β-unsaturated/α-hetero) is 1. The summed E-state index contributed by atoms with van der Waals surface area (Å²) < 4.78 is 0. The van der Waals surface area contributed by atoms with E-state index in [1.165, 1.54) is 0 Å². The molecule has 3 fully saturated rings. The fraction of sp³-hybridized carbons (Fsp3) is 0.600. The van der Waals surface area contributed by atoms with Crippen molar-refractivity contribution in [3.05, 3.63) is 71.8 Å². The molecule has 2 aliphatic heterocycles. The third kappa shape index (κ3) is 13.3. The number of amides is 6. The number of thioether (sulfide) groups is 1. The Morgan fingerprint density at radius 2 is 1.29 bits per heavy atom. The summed E-state index contributed by atoms with van der Waals surface area (Å²) >= 11 is 1.84. The second-order valence-electron chi connectivity index (χ2n) is 17.6. The van der Waals surface area contributed by atoms with E-state index in [0.717, 1.165) is 42.6 Å². The van der Waals surface area contributed by atoms with Crippen LogP contribution in [-0.2, 0) is 36.8 Å². The first kappa shape index (κ1) is 44.7. The number of hydrogen-bond donors (Lipinski definition) is 6. The van der Waals surface area contributed by atoms with Crippen LogP contribution >= 0.6 is 11.8 Å². The van der Waals surface area contributed by atoms with Gasteiger partial charge in [-0.1, -0.05) is 102 Å². The molecular formula is C45H64N6O6S. The summed E-state index contributed by atoms with van der Waals surface area (Å²) in [6.07, 6.45) is 6.03. The summed E-state index contributed by atoms with van der Waals surface area (Å²) in [5.74, 6) is -0.573. The van der Waals surface area contributed by atoms with E-state index in [9.17, 15) is 28.8 Å². The molecule has 2 saturated heterocycles. The molecule has 0 spiro atoms. The van der Waals surface area contributed by atoms with E-state index in [2.05, 4.69) is 31.9 Å². The number of benzene rings is 2. The molecule has 2 aromatic rings. The van der Waals surface area contributed by atoms with Gasteiger partial charge in [-0.2, -0.15) is 11.8 Å². The molecular weight excluding hydrogens is 753 g/mol. The van der Waals surface area contributed by atoms with Crippen LogP contribution in [0.2, 0.25) is 0 Å². The molecule has 2 heterocycles. The number of urea groups is 1. The lowest BCUT2D eigenvalue weighted by atomic mass is 9.91. The van der Waals surface area contributed by atoms with Gasteiger partial charge in [-0.25, -0.2) is 4.79 Å². The largest absolute Gasteiger partial charge is 0.344 e. The Kier molecular flexibility index (Phi) is 16.2. The lowest BCUT2D eigenvalue weighted by molar-refractivity contribution is -0.135. The Balaban J connectivity index is 1.25. The smallest absolute Gasteiger partial charge is 0.315 e. The minimum absolute atomic E-state index is 0.0174. The molecule has 1 saturated carbocycles. The van der Waals surface area contributed by atoms with Crippen LogP contribution in [0, 0.1) is 17.3 Å². The highest BCUT2D eigenvalue weighted by molar-refractivity contribution is 8.00. The highest BCUT2D eigenvalue weighted by Crippen LogP contribution is 2.47. The van der Waals surface area contributed by atoms with E-state index in [-0.39, 0.29) is 54.5 Å². The zero-order valence-corrected chi connectivity index (χ0v) is 35.6. The Morgan fingerprint density at radius 3 is 1.93 bits per heavy atom. The molecule has 316 valence electrons. The predicted octanol–water partition coefficient (Wildman–Crippen LogP) is 4.99. The molecule has 58 heavy (non-hydrogen) atoms. The fourth-order valence-corrected chi connectivity index (χ4v) is 9.45. The van der Waals surface area contributed by atoms with Crippen molar-refractivity contribution in [1.82, 2.24) is 31.9 Å². The highest BCUT2D eigenvalue weighted by atomic mass is 32.2. The molecule has 3 unspecified atom stereocenters. The molecule has 0 aromatic heterocycles. The topological polar surface area (TPSA) is 175 Å². The van der Waals surface area contributed by atoms with E-state index in [1.807, 2.05) is 107 Å². The number of aryl methyl sites for hydroxylation is 1. The molecule has 6 amide bonds. The molecule has 5 rings (SSSR count). The van der Waals surface area contributed by atoms with Crippen molar-refractivity contribution in [3.63, 3.8) is 0 Å². The highest BCUT2D eigenvalue weighted by Gasteiger charge is 2.48. The molecule has 0 radical (unpaired) electrons. The van der Waals surface area contributed by atoms with Crippen LogP contribution in [0.3, 0.4) is 0 Å². The van der Waals surface area contributed by atoms with Gasteiger partial charge in [-0.15, -0.1) is 0 Å². The summed E-state index contributed by atoms with van der Waals surface area (Å²) in [7, 11) is 0. The SMILES string of the molecule is CC(C)C[C@H](NC(=O)[C@H](CCc1ccccc1)NC(=O)CCCCC1SCC2NC(=O)NC21)C(=O)N[C@@H](Cc1ccccc1)C(=O)N[C@@H](CC(C)C)C(=O)C1(C)CC1. The summed E-state index contributed by atoms with van der Waals surface area (Å²) in [6, 6.07) is 15.7. The maximum atomic E-state index is 14.2. The molecule has 3 aliphatic rings. The predicted molar refractivity (Wildman–Crippen MR) is 228 cm³/mol. The van der Waals surface area contributed by atoms with Crippen molar-refractivity contribution in [2.24, 2.45) is 17.3 Å². The van der Waals surface area contributed by atoms with E-state index in [1.54, 1.807) is 0 Å². The Hall–Kier alpha value is -4.39. The number of rotatable bonds is 23. The Labute approximate surface area is 348 Å². The van der Waals surface area contributed by atoms with E-state index < -0.39 is 47.3 Å². The Bertz CT molecular complexity index is 1720. The van der Waals surface area contributed by atoms with Gasteiger partial charge >= 0.3 is 6.03 Å². The minimum Gasteiger partial charge on any atom is -0.344 e. The number of carbonyl (C=O) groups is 6. The molecule has 7 atom stereocenters. The third-order valence-corrected chi connectivity index (χ3v) is 13.0. The molecule has 1 aliphatic carbocycles. The average Bonchev–Trinajstić information content (AvgIpc) is 3.68. The number of unbranched alkanes of at least 4 members (excludes halogenated alkanes) is 1. The number of nitrogens with one attached hydrogen (secondary N) is 6. The summed E-state index contributed by atoms with van der Waals surface area (Å²) in [6.45, 7) is 9.88. The van der Waals surface area contributed by atoms with Crippen molar-refractivity contribution >= 4 is 47.2 Å². The van der Waals surface area contributed by atoms with Gasteiger partial charge in [0.05, 0.1) is 18.1 Å². The normalized spacial score (nSPS) is 21.2. The number of carbonyl (C=O) groups excluding carboxylic acids is 6. The number of fused-ring (bicyclic) bond motifs is 1. The summed E-state index contributed by atoms with van der Waals surface area (Å²) in [5, 5.41) is 18.1. The standard InChI is InChI=1S/C45H64N6O6S/c1-28(2)24-33(40(53)45(5)22-23-45)47-43(56)35(26-31-16-10-7-11-17-31)49-42(55)34(25-29(3)4)48-41(54)32(21-20-30-14-8-6-9-15-30)46-38(52)19-13-12-18-37-39-36(27-58-37)50-44(57)51-39/h6-11,14-17,28-29,32-37,39H,12-13,18-27H2,1-5H3,(H,46,52)(H,47,56)(H,48,54)(H,49,55)(H2,50,51,57)/t32-,33-,34-,35-,36?,37?,39?/m0/s1. The van der Waals surface area contributed by atoms with Gasteiger partial charge in [0, 0.05) is 29.3 Å². The maximum absolute atomic E-state index is 14.2. The van der Waals surface area contributed by atoms with Gasteiger partial charge < -0.3 is 31.9 Å². The molecule has 0 bridgehead atoms. The van der Waals surface area contributed by atoms with Crippen LogP contribution < -0.4 is 31.9 Å². The second kappa shape index (κ2) is 21.0. The number of ketones is 1. The van der Waals surface area contributed by atoms with Crippen LogP contribution in [0.4, 0.5) is 4.79 Å². The van der Waals surface area contributed by atoms with Gasteiger partial charge in [-0.05, 0) is 74.3 Å². The lowest BCUT2D eigenvalue weighted by Gasteiger charge is -2.28. The zero-order chi connectivity index (χ0) is 41.8. The molecule has 13 heteroatoms. The van der Waals surface area contributed by atoms with Crippen LogP contribution in [0.1, 0.15) is 104 Å². The minimum atomic E-state index is -1.00. The van der Waals surface area contributed by atoms with E-state index >= 15 is 0 Å². The van der Waals surface area contributed by atoms with Crippen molar-refractivity contribution in [3.8, 4) is 0 Å². The average molecular weight is 817 g/mol. The molecule has 2 aromatic carbocycles. The van der Waals surface area contributed by atoms with Gasteiger partial charge in [0.2, 0.25) is 23.6 Å². The number of hydrogen-bond acceptors (Lipinski definition) is 7. The summed E-state index contributed by atoms with van der Waals surface area (Å²) in [4.78, 5) is 81.0. The lowest BCUT2D eigenvalue weighted by Crippen LogP contribution is -2.58. The summed E-state index contributed by atoms with van der Waals surface area (Å²) in [5.41, 5.74) is 1.42. The second-order valence-corrected chi connectivity index (χ2v) is 18.8. The van der Waals surface area contributed by atoms with Gasteiger partial charge in [0.1, 0.15) is 18.1 Å². The first-order chi connectivity index (χ1) is 27.7. The Morgan fingerprint density at radius 1 is 0.724 bits per heavy atom. The monoisotopic (exact) mass is 816 g/mol. The van der Waals surface area contributed by atoms with Crippen molar-refractivity contribution in [2.45, 2.75) is 147 Å². The van der Waals surface area contributed by atoms with Crippen molar-refractivity contribution in [2.75, 3.05) is 5.75 Å². The zero-order valence-electron chi connectivity index (χ0n) is 34.8. The molecule has 12 nitrogen and oxygen atoms in total. The first-order valence-corrected chi connectivity index (χ1v) is 22.3. The van der Waals surface area contributed by atoms with E-state index in [4.69, 9.17) is 0 Å². The van der Waals surface area contributed by atoms with Crippen LogP contribution in [0.15, 0.2) is 60.7 Å². The quantitative estimate of drug-likeness (QED) is 0.0677. The first-order valence-electron chi connectivity index (χ1n) is 21.2. The third-order valence-electron chi connectivity index (χ3n) is 11.5. The van der Waals surface area contributed by atoms with Gasteiger partial charge in [-0.3, -0.25) is 24.0 Å². The fourth-order valence-electron chi connectivity index (χ4n) is 7.90. The molecule has 6 N–H and O–H groups in total. The van der Waals surface area contributed by atoms with Crippen LogP contribution in [-0.4, -0.2) is 82.7 Å². The van der Waals surface area contributed by atoms with Crippen LogP contribution in [0.25, 0.3) is 0 Å². The van der Waals surface area contributed by atoms with Gasteiger partial charge in [0.15, 0.2) is 5.78 Å². The van der Waals surface area contributed by atoms with Crippen LogP contribution in [0.5, 0.6) is 0 Å². The van der Waals surface area contributed by atoms with E-state index in [0.29, 0.717) is 37.4 Å². The van der Waals surface area contributed by atoms with Gasteiger partial charge in [0.25, 0.3) is 0 Å². The van der Waals surface area contributed by atoms with Crippen molar-refractivity contribution < 1.29 is 28.8 Å².